The van der Waals surface area contributed by atoms with Gasteiger partial charge in [-0.1, -0.05) is 6.07 Å². The number of hydrogen-bond donors (Lipinski definition) is 5. The van der Waals surface area contributed by atoms with Crippen LogP contribution in [-0.2, 0) is 0 Å². The van der Waals surface area contributed by atoms with Gasteiger partial charge in [0.05, 0.1) is 23.3 Å². The Balaban J connectivity index is 1.52. The first kappa shape index (κ1) is 15.0. The highest BCUT2D eigenvalue weighted by Crippen LogP contribution is 2.49. The van der Waals surface area contributed by atoms with Crippen molar-refractivity contribution in [2.45, 2.75) is 24.9 Å². The number of nitrogens with one attached hydrogen (secondary N) is 4. The summed E-state index contributed by atoms with van der Waals surface area (Å²) in [6.45, 7) is 1.05. The van der Waals surface area contributed by atoms with E-state index >= 15 is 0 Å². The summed E-state index contributed by atoms with van der Waals surface area (Å²) in [6, 6.07) is 11.3. The van der Waals surface area contributed by atoms with Crippen molar-refractivity contribution in [2.24, 2.45) is 5.92 Å². The first-order valence-corrected chi connectivity index (χ1v) is 9.49. The molecule has 1 saturated heterocycles. The largest absolute Gasteiger partial charge is 0.382 e. The van der Waals surface area contributed by atoms with Gasteiger partial charge in [-0.3, -0.25) is 10.2 Å². The van der Waals surface area contributed by atoms with Gasteiger partial charge in [-0.2, -0.15) is 10.2 Å². The van der Waals surface area contributed by atoms with Gasteiger partial charge in [0, 0.05) is 34.0 Å². The molecule has 0 unspecified atom stereocenters. The zero-order chi connectivity index (χ0) is 18.0. The second-order valence-corrected chi connectivity index (χ2v) is 7.63. The highest BCUT2D eigenvalue weighted by atomic mass is 15.2. The van der Waals surface area contributed by atoms with E-state index in [1.165, 1.54) is 35.0 Å². The fourth-order valence-electron chi connectivity index (χ4n) is 4.94. The smallest absolute Gasteiger partial charge is 0.153 e. The molecule has 4 heterocycles. The van der Waals surface area contributed by atoms with Crippen molar-refractivity contribution < 1.29 is 0 Å². The lowest BCUT2D eigenvalue weighted by molar-refractivity contribution is 0.247. The highest BCUT2D eigenvalue weighted by Gasteiger charge is 2.39. The monoisotopic (exact) mass is 359 g/mol. The Hall–Kier alpha value is -3.06. The van der Waals surface area contributed by atoms with Crippen molar-refractivity contribution in [3.8, 4) is 0 Å². The molecular weight excluding hydrogens is 338 g/mol. The number of piperidine rings is 1. The van der Waals surface area contributed by atoms with Gasteiger partial charge in [-0.05, 0) is 49.2 Å². The second kappa shape index (κ2) is 5.47. The molecule has 0 spiro atoms. The Morgan fingerprint density at radius 1 is 1.00 bits per heavy atom. The van der Waals surface area contributed by atoms with E-state index in [9.17, 15) is 0 Å². The summed E-state index contributed by atoms with van der Waals surface area (Å²) in [6.07, 6.45) is 4.32. The molecule has 7 nitrogen and oxygen atoms in total. The van der Waals surface area contributed by atoms with Gasteiger partial charge < -0.3 is 16.4 Å². The molecule has 0 aliphatic carbocycles. The molecule has 1 fully saturated rings. The van der Waals surface area contributed by atoms with Crippen molar-refractivity contribution in [3.05, 3.63) is 47.7 Å². The Labute approximate surface area is 155 Å². The SMILES string of the molecule is Nc1n[nH]c2ccc([C@@H]3Nc4ccc5[nH]ncc5c4[C@H]4NCCC[C@H]43)cc12. The van der Waals surface area contributed by atoms with Crippen molar-refractivity contribution >= 4 is 33.3 Å². The zero-order valence-electron chi connectivity index (χ0n) is 14.8. The normalized spacial score (nSPS) is 24.5. The van der Waals surface area contributed by atoms with Crippen molar-refractivity contribution in [1.82, 2.24) is 25.7 Å². The molecule has 2 aliphatic rings. The Morgan fingerprint density at radius 3 is 2.85 bits per heavy atom. The molecule has 7 heteroatoms. The van der Waals surface area contributed by atoms with Gasteiger partial charge >= 0.3 is 0 Å². The van der Waals surface area contributed by atoms with E-state index in [4.69, 9.17) is 5.73 Å². The zero-order valence-corrected chi connectivity index (χ0v) is 14.8. The van der Waals surface area contributed by atoms with Crippen LogP contribution in [-0.4, -0.2) is 26.9 Å². The number of hydrogen-bond acceptors (Lipinski definition) is 5. The summed E-state index contributed by atoms with van der Waals surface area (Å²) in [5, 5.41) is 24.3. The van der Waals surface area contributed by atoms with E-state index in [1.54, 1.807) is 0 Å². The van der Waals surface area contributed by atoms with Crippen molar-refractivity contribution in [2.75, 3.05) is 17.6 Å². The lowest BCUT2D eigenvalue weighted by Gasteiger charge is -2.44. The summed E-state index contributed by atoms with van der Waals surface area (Å²) in [4.78, 5) is 0. The van der Waals surface area contributed by atoms with Crippen LogP contribution in [0.25, 0.3) is 21.8 Å². The van der Waals surface area contributed by atoms with Crippen LogP contribution in [0.4, 0.5) is 11.5 Å². The van der Waals surface area contributed by atoms with Gasteiger partial charge in [0.1, 0.15) is 0 Å². The standard InChI is InChI=1S/C20H21N7/c21-20-12-8-10(3-4-14(12)26-27-20)18-11-2-1-7-22-19(11)17-13-9-23-25-15(13)5-6-16(17)24-18/h3-6,8-9,11,18-19,22,24H,1-2,7H2,(H,23,25)(H3,21,26,27)/t11-,18-,19-/m0/s1. The minimum Gasteiger partial charge on any atom is -0.382 e. The van der Waals surface area contributed by atoms with E-state index < -0.39 is 0 Å². The van der Waals surface area contributed by atoms with Crippen LogP contribution in [0.1, 0.15) is 36.1 Å². The maximum absolute atomic E-state index is 6.05. The number of aromatic nitrogens is 4. The number of fused-ring (bicyclic) bond motifs is 6. The number of nitrogens with zero attached hydrogens (tertiary/aromatic N) is 2. The molecule has 0 amide bonds. The van der Waals surface area contributed by atoms with E-state index in [0.29, 0.717) is 17.8 Å². The molecule has 0 bridgehead atoms. The van der Waals surface area contributed by atoms with E-state index in [0.717, 1.165) is 23.0 Å². The average Bonchev–Trinajstić information content (AvgIpc) is 3.33. The number of nitrogen functional groups attached to an aromatic ring is 1. The fourth-order valence-corrected chi connectivity index (χ4v) is 4.94. The van der Waals surface area contributed by atoms with Crippen LogP contribution < -0.4 is 16.4 Å². The van der Waals surface area contributed by atoms with Gasteiger partial charge in [0.25, 0.3) is 0 Å². The minimum absolute atomic E-state index is 0.235. The summed E-state index contributed by atoms with van der Waals surface area (Å²) in [7, 11) is 0. The van der Waals surface area contributed by atoms with E-state index in [1.807, 2.05) is 6.20 Å². The minimum atomic E-state index is 0.235. The van der Waals surface area contributed by atoms with Crippen LogP contribution in [0, 0.1) is 5.92 Å². The molecule has 0 saturated carbocycles. The molecule has 27 heavy (non-hydrogen) atoms. The molecule has 2 aliphatic heterocycles. The summed E-state index contributed by atoms with van der Waals surface area (Å²) < 4.78 is 0. The fraction of sp³-hybridized carbons (Fsp3) is 0.300. The van der Waals surface area contributed by atoms with Crippen molar-refractivity contribution in [1.29, 1.82) is 0 Å². The van der Waals surface area contributed by atoms with E-state index in [-0.39, 0.29) is 6.04 Å². The van der Waals surface area contributed by atoms with Crippen LogP contribution in [0.5, 0.6) is 0 Å². The number of aromatic amines is 2. The molecule has 3 atom stereocenters. The number of nitrogens with two attached hydrogens (primary N) is 1. The maximum Gasteiger partial charge on any atom is 0.153 e. The summed E-state index contributed by atoms with van der Waals surface area (Å²) in [5.41, 5.74) is 11.9. The van der Waals surface area contributed by atoms with E-state index in [2.05, 4.69) is 61.4 Å². The molecule has 4 aromatic rings. The second-order valence-electron chi connectivity index (χ2n) is 7.63. The quantitative estimate of drug-likeness (QED) is 0.359. The van der Waals surface area contributed by atoms with Crippen LogP contribution in [0.15, 0.2) is 36.5 Å². The topological polar surface area (TPSA) is 107 Å². The Morgan fingerprint density at radius 2 is 1.89 bits per heavy atom. The van der Waals surface area contributed by atoms with Crippen LogP contribution in [0.3, 0.4) is 0 Å². The molecule has 2 aromatic heterocycles. The van der Waals surface area contributed by atoms with Gasteiger partial charge in [-0.15, -0.1) is 0 Å². The predicted molar refractivity (Wildman–Crippen MR) is 106 cm³/mol. The summed E-state index contributed by atoms with van der Waals surface area (Å²) in [5.74, 6) is 1.03. The van der Waals surface area contributed by atoms with Gasteiger partial charge in [-0.25, -0.2) is 0 Å². The molecule has 6 rings (SSSR count). The molecule has 136 valence electrons. The molecule has 6 N–H and O–H groups in total. The maximum atomic E-state index is 6.05. The number of benzene rings is 2. The number of rotatable bonds is 1. The highest BCUT2D eigenvalue weighted by molar-refractivity contribution is 5.90. The Bertz CT molecular complexity index is 1160. The third-order valence-electron chi connectivity index (χ3n) is 6.20. The van der Waals surface area contributed by atoms with Gasteiger partial charge in [0.15, 0.2) is 5.82 Å². The molecule has 0 radical (unpaired) electrons. The van der Waals surface area contributed by atoms with Crippen LogP contribution in [0.2, 0.25) is 0 Å². The molecule has 2 aromatic carbocycles. The average molecular weight is 359 g/mol. The van der Waals surface area contributed by atoms with Crippen LogP contribution >= 0.6 is 0 Å². The third-order valence-corrected chi connectivity index (χ3v) is 6.20. The lowest BCUT2D eigenvalue weighted by atomic mass is 9.74. The molecular formula is C20H21N7. The third kappa shape index (κ3) is 2.12. The summed E-state index contributed by atoms with van der Waals surface area (Å²) >= 11 is 0. The predicted octanol–water partition coefficient (Wildman–Crippen LogP) is 3.23. The number of anilines is 2. The lowest BCUT2D eigenvalue weighted by Crippen LogP contribution is -2.42. The van der Waals surface area contributed by atoms with Crippen molar-refractivity contribution in [3.63, 3.8) is 0 Å². The number of H-pyrrole nitrogens is 2. The van der Waals surface area contributed by atoms with Gasteiger partial charge in [0.2, 0.25) is 0 Å². The Kier molecular flexibility index (Phi) is 3.05. The first-order valence-electron chi connectivity index (χ1n) is 9.49. The first-order chi connectivity index (χ1) is 13.3.